The van der Waals surface area contributed by atoms with E-state index < -0.39 is 5.97 Å². The Balaban J connectivity index is 2.21. The lowest BCUT2D eigenvalue weighted by molar-refractivity contribution is -0.139. The zero-order valence-corrected chi connectivity index (χ0v) is 9.46. The number of terminal acetylenes is 1. The van der Waals surface area contributed by atoms with Gasteiger partial charge in [-0.3, -0.25) is 0 Å². The summed E-state index contributed by atoms with van der Waals surface area (Å²) in [6.07, 6.45) is 8.07. The van der Waals surface area contributed by atoms with E-state index in [-0.39, 0.29) is 13.2 Å². The zero-order chi connectivity index (χ0) is 12.3. The molecule has 88 valence electrons. The molecule has 0 saturated heterocycles. The second kappa shape index (κ2) is 8.14. The van der Waals surface area contributed by atoms with E-state index in [0.717, 1.165) is 5.56 Å². The molecule has 0 fully saturated rings. The van der Waals surface area contributed by atoms with Crippen LogP contribution in [0.4, 0.5) is 0 Å². The van der Waals surface area contributed by atoms with Crippen LogP contribution in [-0.2, 0) is 14.3 Å². The fourth-order valence-electron chi connectivity index (χ4n) is 1.11. The van der Waals surface area contributed by atoms with Gasteiger partial charge in [0.15, 0.2) is 0 Å². The highest BCUT2D eigenvalue weighted by atomic mass is 16.6. The van der Waals surface area contributed by atoms with Crippen molar-refractivity contribution in [3.63, 3.8) is 0 Å². The van der Waals surface area contributed by atoms with Crippen molar-refractivity contribution in [2.45, 2.75) is 0 Å². The highest BCUT2D eigenvalue weighted by Crippen LogP contribution is 2.00. The van der Waals surface area contributed by atoms with E-state index >= 15 is 0 Å². The Morgan fingerprint density at radius 3 is 2.76 bits per heavy atom. The first kappa shape index (κ1) is 13.0. The van der Waals surface area contributed by atoms with Gasteiger partial charge in [0, 0.05) is 6.08 Å². The molecular formula is C14H14O3. The standard InChI is InChI=1S/C14H14O3/c1-2-10-16-11-12-17-14(15)9-8-13-6-4-3-5-7-13/h1,3-9H,10-12H2/b9-8+. The van der Waals surface area contributed by atoms with Crippen molar-refractivity contribution >= 4 is 12.0 Å². The SMILES string of the molecule is C#CCOCCOC(=O)/C=C/c1ccccc1. The Bertz CT molecular complexity index is 401. The number of hydrogen-bond acceptors (Lipinski definition) is 3. The molecule has 0 amide bonds. The predicted molar refractivity (Wildman–Crippen MR) is 66.1 cm³/mol. The quantitative estimate of drug-likeness (QED) is 0.324. The Labute approximate surface area is 101 Å². The van der Waals surface area contributed by atoms with Crippen LogP contribution in [0.1, 0.15) is 5.56 Å². The number of carbonyl (C=O) groups is 1. The maximum absolute atomic E-state index is 11.2. The summed E-state index contributed by atoms with van der Waals surface area (Å²) in [6.45, 7) is 0.756. The first-order valence-electron chi connectivity index (χ1n) is 5.24. The van der Waals surface area contributed by atoms with E-state index in [1.807, 2.05) is 30.3 Å². The highest BCUT2D eigenvalue weighted by molar-refractivity contribution is 5.86. The van der Waals surface area contributed by atoms with Gasteiger partial charge >= 0.3 is 5.97 Å². The van der Waals surface area contributed by atoms with Crippen molar-refractivity contribution in [3.05, 3.63) is 42.0 Å². The molecule has 0 aromatic heterocycles. The maximum Gasteiger partial charge on any atom is 0.330 e. The largest absolute Gasteiger partial charge is 0.460 e. The van der Waals surface area contributed by atoms with Gasteiger partial charge in [-0.15, -0.1) is 6.42 Å². The molecule has 0 aliphatic rings. The summed E-state index contributed by atoms with van der Waals surface area (Å²) >= 11 is 0. The van der Waals surface area contributed by atoms with Gasteiger partial charge in [-0.25, -0.2) is 4.79 Å². The molecule has 0 N–H and O–H groups in total. The minimum absolute atomic E-state index is 0.208. The van der Waals surface area contributed by atoms with Gasteiger partial charge in [-0.2, -0.15) is 0 Å². The van der Waals surface area contributed by atoms with Crippen molar-refractivity contribution in [3.8, 4) is 12.3 Å². The van der Waals surface area contributed by atoms with E-state index in [1.54, 1.807) is 6.08 Å². The number of benzene rings is 1. The summed E-state index contributed by atoms with van der Waals surface area (Å²) in [5, 5.41) is 0. The summed E-state index contributed by atoms with van der Waals surface area (Å²) in [4.78, 5) is 11.2. The zero-order valence-electron chi connectivity index (χ0n) is 9.46. The van der Waals surface area contributed by atoms with Crippen LogP contribution in [0, 0.1) is 12.3 Å². The van der Waals surface area contributed by atoms with Crippen LogP contribution in [0.3, 0.4) is 0 Å². The average molecular weight is 230 g/mol. The predicted octanol–water partition coefficient (Wildman–Crippen LogP) is 1.89. The minimum Gasteiger partial charge on any atom is -0.460 e. The molecule has 0 aliphatic heterocycles. The van der Waals surface area contributed by atoms with E-state index in [9.17, 15) is 4.79 Å². The molecule has 0 aliphatic carbocycles. The number of ether oxygens (including phenoxy) is 2. The van der Waals surface area contributed by atoms with Crippen molar-refractivity contribution in [1.29, 1.82) is 0 Å². The average Bonchev–Trinajstić information content (AvgIpc) is 2.37. The fourth-order valence-corrected chi connectivity index (χ4v) is 1.11. The summed E-state index contributed by atoms with van der Waals surface area (Å²) in [5.41, 5.74) is 0.952. The third-order valence-electron chi connectivity index (χ3n) is 1.87. The lowest BCUT2D eigenvalue weighted by Gasteiger charge is -2.01. The van der Waals surface area contributed by atoms with Gasteiger partial charge in [-0.05, 0) is 11.6 Å². The molecule has 0 unspecified atom stereocenters. The Morgan fingerprint density at radius 1 is 1.29 bits per heavy atom. The molecule has 1 aromatic rings. The number of esters is 1. The number of hydrogen-bond donors (Lipinski definition) is 0. The van der Waals surface area contributed by atoms with Crippen molar-refractivity contribution in [1.82, 2.24) is 0 Å². The van der Waals surface area contributed by atoms with Gasteiger partial charge in [0.2, 0.25) is 0 Å². The Hall–Kier alpha value is -2.05. The molecule has 0 saturated carbocycles. The van der Waals surface area contributed by atoms with E-state index in [0.29, 0.717) is 6.61 Å². The number of carbonyl (C=O) groups excluding carboxylic acids is 1. The van der Waals surface area contributed by atoms with E-state index in [2.05, 4.69) is 5.92 Å². The molecule has 0 heterocycles. The molecule has 1 rings (SSSR count). The Kier molecular flexibility index (Phi) is 6.23. The third-order valence-corrected chi connectivity index (χ3v) is 1.87. The summed E-state index contributed by atoms with van der Waals surface area (Å²) in [5.74, 6) is 1.94. The van der Waals surface area contributed by atoms with Crippen molar-refractivity contribution < 1.29 is 14.3 Å². The van der Waals surface area contributed by atoms with Crippen LogP contribution >= 0.6 is 0 Å². The monoisotopic (exact) mass is 230 g/mol. The molecule has 0 spiro atoms. The van der Waals surface area contributed by atoms with E-state index in [1.165, 1.54) is 6.08 Å². The Morgan fingerprint density at radius 2 is 2.06 bits per heavy atom. The summed E-state index contributed by atoms with van der Waals surface area (Å²) < 4.78 is 9.85. The molecule has 3 heteroatoms. The van der Waals surface area contributed by atoms with Crippen molar-refractivity contribution in [2.75, 3.05) is 19.8 Å². The van der Waals surface area contributed by atoms with Crippen LogP contribution in [0.15, 0.2) is 36.4 Å². The lowest BCUT2D eigenvalue weighted by Crippen LogP contribution is -2.08. The molecule has 1 aromatic carbocycles. The smallest absolute Gasteiger partial charge is 0.330 e. The van der Waals surface area contributed by atoms with Crippen LogP contribution in [0.5, 0.6) is 0 Å². The molecule has 0 radical (unpaired) electrons. The second-order valence-electron chi connectivity index (χ2n) is 3.17. The summed E-state index contributed by atoms with van der Waals surface area (Å²) in [6, 6.07) is 9.52. The molecule has 0 atom stereocenters. The normalized spacial score (nSPS) is 10.1. The lowest BCUT2D eigenvalue weighted by atomic mass is 10.2. The van der Waals surface area contributed by atoms with Crippen LogP contribution in [-0.4, -0.2) is 25.8 Å². The molecule has 0 bridgehead atoms. The van der Waals surface area contributed by atoms with Crippen molar-refractivity contribution in [2.24, 2.45) is 0 Å². The van der Waals surface area contributed by atoms with E-state index in [4.69, 9.17) is 15.9 Å². The van der Waals surface area contributed by atoms with Crippen LogP contribution < -0.4 is 0 Å². The first-order valence-corrected chi connectivity index (χ1v) is 5.24. The minimum atomic E-state index is -0.391. The molecule has 3 nitrogen and oxygen atoms in total. The third kappa shape index (κ3) is 6.18. The van der Waals surface area contributed by atoms with Gasteiger partial charge in [0.05, 0.1) is 6.61 Å². The fraction of sp³-hybridized carbons (Fsp3) is 0.214. The summed E-state index contributed by atoms with van der Waals surface area (Å²) in [7, 11) is 0. The van der Waals surface area contributed by atoms with Gasteiger partial charge in [0.1, 0.15) is 13.2 Å². The van der Waals surface area contributed by atoms with Gasteiger partial charge in [0.25, 0.3) is 0 Å². The molecular weight excluding hydrogens is 216 g/mol. The van der Waals surface area contributed by atoms with Gasteiger partial charge < -0.3 is 9.47 Å². The highest BCUT2D eigenvalue weighted by Gasteiger charge is 1.96. The second-order valence-corrected chi connectivity index (χ2v) is 3.17. The molecule has 17 heavy (non-hydrogen) atoms. The van der Waals surface area contributed by atoms with Crippen LogP contribution in [0.25, 0.3) is 6.08 Å². The number of rotatable bonds is 6. The van der Waals surface area contributed by atoms with Crippen LogP contribution in [0.2, 0.25) is 0 Å². The van der Waals surface area contributed by atoms with Gasteiger partial charge in [-0.1, -0.05) is 36.3 Å². The topological polar surface area (TPSA) is 35.5 Å². The first-order chi connectivity index (χ1) is 8.33. The maximum atomic E-state index is 11.2.